The Morgan fingerprint density at radius 3 is 2.86 bits per heavy atom. The summed E-state index contributed by atoms with van der Waals surface area (Å²) in [6, 6.07) is 7.10. The SMILES string of the molecule is O=C(NCC(=O)N1CCC(CCO)C1)c1ccccc1Br. The molecule has 2 rings (SSSR count). The van der Waals surface area contributed by atoms with E-state index in [0.29, 0.717) is 29.0 Å². The van der Waals surface area contributed by atoms with Gasteiger partial charge in [-0.25, -0.2) is 0 Å². The maximum Gasteiger partial charge on any atom is 0.252 e. The van der Waals surface area contributed by atoms with Crippen molar-refractivity contribution in [2.75, 3.05) is 26.2 Å². The summed E-state index contributed by atoms with van der Waals surface area (Å²) in [5.41, 5.74) is 0.518. The topological polar surface area (TPSA) is 69.6 Å². The van der Waals surface area contributed by atoms with Gasteiger partial charge >= 0.3 is 0 Å². The van der Waals surface area contributed by atoms with E-state index in [-0.39, 0.29) is 25.0 Å². The number of halogens is 1. The first-order chi connectivity index (χ1) is 10.1. The smallest absolute Gasteiger partial charge is 0.252 e. The van der Waals surface area contributed by atoms with E-state index in [1.165, 1.54) is 0 Å². The molecule has 0 aliphatic carbocycles. The van der Waals surface area contributed by atoms with E-state index in [1.807, 2.05) is 6.07 Å². The van der Waals surface area contributed by atoms with Crippen LogP contribution in [0.2, 0.25) is 0 Å². The van der Waals surface area contributed by atoms with Gasteiger partial charge in [-0.2, -0.15) is 0 Å². The third kappa shape index (κ3) is 4.28. The summed E-state index contributed by atoms with van der Waals surface area (Å²) in [6.45, 7) is 1.54. The summed E-state index contributed by atoms with van der Waals surface area (Å²) in [7, 11) is 0. The molecule has 21 heavy (non-hydrogen) atoms. The number of likely N-dealkylation sites (tertiary alicyclic amines) is 1. The molecule has 0 radical (unpaired) electrons. The van der Waals surface area contributed by atoms with Crippen LogP contribution in [-0.4, -0.2) is 48.1 Å². The molecule has 1 aromatic carbocycles. The largest absolute Gasteiger partial charge is 0.396 e. The second-order valence-electron chi connectivity index (χ2n) is 5.17. The summed E-state index contributed by atoms with van der Waals surface area (Å²) in [6.07, 6.45) is 1.65. The van der Waals surface area contributed by atoms with Crippen LogP contribution < -0.4 is 5.32 Å². The highest BCUT2D eigenvalue weighted by molar-refractivity contribution is 9.10. The first-order valence-electron chi connectivity index (χ1n) is 7.03. The number of amides is 2. The van der Waals surface area contributed by atoms with E-state index in [9.17, 15) is 9.59 Å². The predicted octanol–water partition coefficient (Wildman–Crippen LogP) is 1.41. The van der Waals surface area contributed by atoms with Crippen molar-refractivity contribution in [3.63, 3.8) is 0 Å². The minimum atomic E-state index is -0.262. The van der Waals surface area contributed by atoms with Crippen molar-refractivity contribution in [1.82, 2.24) is 10.2 Å². The van der Waals surface area contributed by atoms with Crippen LogP contribution in [0.3, 0.4) is 0 Å². The van der Waals surface area contributed by atoms with Crippen molar-refractivity contribution in [3.05, 3.63) is 34.3 Å². The lowest BCUT2D eigenvalue weighted by Crippen LogP contribution is -2.39. The lowest BCUT2D eigenvalue weighted by Gasteiger charge is -2.17. The molecule has 1 heterocycles. The second kappa shape index (κ2) is 7.56. The lowest BCUT2D eigenvalue weighted by molar-refractivity contribution is -0.129. The van der Waals surface area contributed by atoms with Crippen molar-refractivity contribution in [2.24, 2.45) is 5.92 Å². The maximum absolute atomic E-state index is 12.1. The molecule has 5 nitrogen and oxygen atoms in total. The fraction of sp³-hybridized carbons (Fsp3) is 0.467. The Kier molecular flexibility index (Phi) is 5.76. The monoisotopic (exact) mass is 354 g/mol. The van der Waals surface area contributed by atoms with Gasteiger partial charge in [-0.05, 0) is 46.8 Å². The molecule has 1 atom stereocenters. The zero-order valence-electron chi connectivity index (χ0n) is 11.7. The molecule has 1 aliphatic rings. The average Bonchev–Trinajstić information content (AvgIpc) is 2.94. The molecule has 0 bridgehead atoms. The average molecular weight is 355 g/mol. The Morgan fingerprint density at radius 2 is 2.14 bits per heavy atom. The van der Waals surface area contributed by atoms with Crippen LogP contribution in [0.1, 0.15) is 23.2 Å². The molecule has 6 heteroatoms. The summed E-state index contributed by atoms with van der Waals surface area (Å²) in [4.78, 5) is 25.8. The van der Waals surface area contributed by atoms with Crippen LogP contribution in [0.15, 0.2) is 28.7 Å². The number of aliphatic hydroxyl groups is 1. The van der Waals surface area contributed by atoms with Crippen LogP contribution in [0, 0.1) is 5.92 Å². The molecule has 114 valence electrons. The van der Waals surface area contributed by atoms with Gasteiger partial charge in [0.05, 0.1) is 12.1 Å². The third-order valence-corrected chi connectivity index (χ3v) is 4.39. The highest BCUT2D eigenvalue weighted by atomic mass is 79.9. The molecule has 1 fully saturated rings. The number of rotatable bonds is 5. The molecule has 1 unspecified atom stereocenters. The second-order valence-corrected chi connectivity index (χ2v) is 6.02. The third-order valence-electron chi connectivity index (χ3n) is 3.69. The fourth-order valence-corrected chi connectivity index (χ4v) is 2.95. The highest BCUT2D eigenvalue weighted by Gasteiger charge is 2.25. The van der Waals surface area contributed by atoms with Gasteiger partial charge in [-0.1, -0.05) is 12.1 Å². The van der Waals surface area contributed by atoms with E-state index >= 15 is 0 Å². The first kappa shape index (κ1) is 16.0. The van der Waals surface area contributed by atoms with Crippen molar-refractivity contribution in [2.45, 2.75) is 12.8 Å². The van der Waals surface area contributed by atoms with Crippen LogP contribution in [0.5, 0.6) is 0 Å². The summed E-state index contributed by atoms with van der Waals surface area (Å²) in [5.74, 6) is 0.0377. The Bertz CT molecular complexity index is 521. The van der Waals surface area contributed by atoms with Crippen molar-refractivity contribution in [3.8, 4) is 0 Å². The van der Waals surface area contributed by atoms with Gasteiger partial charge in [-0.3, -0.25) is 9.59 Å². The van der Waals surface area contributed by atoms with Gasteiger partial charge < -0.3 is 15.3 Å². The van der Waals surface area contributed by atoms with Crippen molar-refractivity contribution >= 4 is 27.7 Å². The number of carbonyl (C=O) groups is 2. The number of hydrogen-bond acceptors (Lipinski definition) is 3. The Labute approximate surface area is 132 Å². The molecule has 1 aromatic rings. The molecular weight excluding hydrogens is 336 g/mol. The van der Waals surface area contributed by atoms with E-state index in [2.05, 4.69) is 21.2 Å². The van der Waals surface area contributed by atoms with Crippen LogP contribution in [0.25, 0.3) is 0 Å². The fourth-order valence-electron chi connectivity index (χ4n) is 2.49. The molecule has 0 saturated carbocycles. The normalized spacial score (nSPS) is 17.8. The number of nitrogens with zero attached hydrogens (tertiary/aromatic N) is 1. The van der Waals surface area contributed by atoms with Crippen molar-refractivity contribution in [1.29, 1.82) is 0 Å². The van der Waals surface area contributed by atoms with Gasteiger partial charge in [0.1, 0.15) is 0 Å². The predicted molar refractivity (Wildman–Crippen MR) is 82.9 cm³/mol. The minimum absolute atomic E-state index is 0.00596. The molecule has 1 saturated heterocycles. The Balaban J connectivity index is 1.82. The van der Waals surface area contributed by atoms with E-state index < -0.39 is 0 Å². The molecule has 1 aliphatic heterocycles. The van der Waals surface area contributed by atoms with Crippen LogP contribution >= 0.6 is 15.9 Å². The van der Waals surface area contributed by atoms with Gasteiger partial charge in [0, 0.05) is 24.2 Å². The van der Waals surface area contributed by atoms with Crippen LogP contribution in [-0.2, 0) is 4.79 Å². The molecule has 0 aromatic heterocycles. The van der Waals surface area contributed by atoms with Gasteiger partial charge in [0.15, 0.2) is 0 Å². The summed E-state index contributed by atoms with van der Waals surface area (Å²) >= 11 is 3.32. The standard InChI is InChI=1S/C15H19BrN2O3/c16-13-4-2-1-3-12(13)15(21)17-9-14(20)18-7-5-11(10-18)6-8-19/h1-4,11,19H,5-10H2,(H,17,21). The Morgan fingerprint density at radius 1 is 1.38 bits per heavy atom. The zero-order valence-corrected chi connectivity index (χ0v) is 13.3. The summed E-state index contributed by atoms with van der Waals surface area (Å²) < 4.78 is 0.708. The lowest BCUT2D eigenvalue weighted by atomic mass is 10.1. The number of carbonyl (C=O) groups excluding carboxylic acids is 2. The minimum Gasteiger partial charge on any atom is -0.396 e. The van der Waals surface area contributed by atoms with E-state index in [1.54, 1.807) is 23.1 Å². The van der Waals surface area contributed by atoms with Crippen molar-refractivity contribution < 1.29 is 14.7 Å². The maximum atomic E-state index is 12.1. The Hall–Kier alpha value is -1.40. The molecule has 0 spiro atoms. The number of hydrogen-bond donors (Lipinski definition) is 2. The number of benzene rings is 1. The highest BCUT2D eigenvalue weighted by Crippen LogP contribution is 2.19. The van der Waals surface area contributed by atoms with Gasteiger partial charge in [-0.15, -0.1) is 0 Å². The van der Waals surface area contributed by atoms with E-state index in [4.69, 9.17) is 5.11 Å². The van der Waals surface area contributed by atoms with Gasteiger partial charge in [0.2, 0.25) is 5.91 Å². The van der Waals surface area contributed by atoms with E-state index in [0.717, 1.165) is 12.8 Å². The first-order valence-corrected chi connectivity index (χ1v) is 7.82. The zero-order chi connectivity index (χ0) is 15.2. The molecular formula is C15H19BrN2O3. The molecule has 2 amide bonds. The quantitative estimate of drug-likeness (QED) is 0.839. The number of aliphatic hydroxyl groups excluding tert-OH is 1. The van der Waals surface area contributed by atoms with Crippen LogP contribution in [0.4, 0.5) is 0 Å². The summed E-state index contributed by atoms with van der Waals surface area (Å²) in [5, 5.41) is 11.6. The number of nitrogens with one attached hydrogen (secondary N) is 1. The molecule has 2 N–H and O–H groups in total. The van der Waals surface area contributed by atoms with Gasteiger partial charge in [0.25, 0.3) is 5.91 Å².